The lowest BCUT2D eigenvalue weighted by Gasteiger charge is -2.11. The van der Waals surface area contributed by atoms with E-state index in [4.69, 9.17) is 4.98 Å². The topological polar surface area (TPSA) is 46.9 Å². The lowest BCUT2D eigenvalue weighted by molar-refractivity contribution is -0.116. The van der Waals surface area contributed by atoms with Crippen LogP contribution in [0.3, 0.4) is 0 Å². The van der Waals surface area contributed by atoms with Crippen molar-refractivity contribution in [1.29, 1.82) is 0 Å². The van der Waals surface area contributed by atoms with E-state index in [1.54, 1.807) is 0 Å². The van der Waals surface area contributed by atoms with Crippen LogP contribution in [0.25, 0.3) is 11.3 Å². The predicted molar refractivity (Wildman–Crippen MR) is 109 cm³/mol. The number of hydrogen-bond donors (Lipinski definition) is 1. The number of aryl methyl sites for hydroxylation is 3. The van der Waals surface area contributed by atoms with Gasteiger partial charge in [0.25, 0.3) is 0 Å². The van der Waals surface area contributed by atoms with E-state index in [1.165, 1.54) is 24.2 Å². The van der Waals surface area contributed by atoms with E-state index in [0.717, 1.165) is 42.8 Å². The van der Waals surface area contributed by atoms with Crippen molar-refractivity contribution < 1.29 is 4.79 Å². The van der Waals surface area contributed by atoms with E-state index in [2.05, 4.69) is 28.2 Å². The van der Waals surface area contributed by atoms with Crippen LogP contribution in [0.15, 0.2) is 60.8 Å². The number of imidazole rings is 1. The van der Waals surface area contributed by atoms with Crippen LogP contribution in [-0.4, -0.2) is 15.5 Å². The quantitative estimate of drug-likeness (QED) is 0.684. The Morgan fingerprint density at radius 2 is 1.85 bits per heavy atom. The average Bonchev–Trinajstić information content (AvgIpc) is 3.13. The van der Waals surface area contributed by atoms with Gasteiger partial charge in [0.15, 0.2) is 0 Å². The van der Waals surface area contributed by atoms with Crippen LogP contribution >= 0.6 is 0 Å². The lowest BCUT2D eigenvalue weighted by atomic mass is 10.1. The number of rotatable bonds is 6. The molecule has 4 nitrogen and oxygen atoms in total. The second-order valence-electron chi connectivity index (χ2n) is 7.16. The number of hydrogen-bond acceptors (Lipinski definition) is 2. The molecule has 0 unspecified atom stereocenters. The second-order valence-corrected chi connectivity index (χ2v) is 7.16. The molecule has 27 heavy (non-hydrogen) atoms. The summed E-state index contributed by atoms with van der Waals surface area (Å²) in [5.41, 5.74) is 4.23. The Bertz CT molecular complexity index is 874. The molecule has 0 bridgehead atoms. The molecule has 0 spiro atoms. The fourth-order valence-corrected chi connectivity index (χ4v) is 3.60. The molecule has 3 aromatic rings. The van der Waals surface area contributed by atoms with Crippen LogP contribution < -0.4 is 5.32 Å². The van der Waals surface area contributed by atoms with Crippen LogP contribution in [0.2, 0.25) is 0 Å². The minimum Gasteiger partial charge on any atom is -0.334 e. The zero-order valence-electron chi connectivity index (χ0n) is 15.5. The first-order chi connectivity index (χ1) is 13.3. The van der Waals surface area contributed by atoms with E-state index in [-0.39, 0.29) is 5.91 Å². The highest BCUT2D eigenvalue weighted by Gasteiger charge is 2.13. The first-order valence-corrected chi connectivity index (χ1v) is 9.78. The Hall–Kier alpha value is -2.88. The van der Waals surface area contributed by atoms with Crippen LogP contribution in [0.5, 0.6) is 0 Å². The minimum atomic E-state index is 0.0659. The van der Waals surface area contributed by atoms with Crippen molar-refractivity contribution in [2.45, 2.75) is 45.1 Å². The molecule has 1 aliphatic rings. The number of aromatic nitrogens is 2. The van der Waals surface area contributed by atoms with Gasteiger partial charge >= 0.3 is 0 Å². The minimum absolute atomic E-state index is 0.0659. The van der Waals surface area contributed by atoms with Gasteiger partial charge in [0, 0.05) is 36.8 Å². The summed E-state index contributed by atoms with van der Waals surface area (Å²) < 4.78 is 2.27. The Morgan fingerprint density at radius 3 is 2.63 bits per heavy atom. The Kier molecular flexibility index (Phi) is 5.33. The number of anilines is 1. The smallest absolute Gasteiger partial charge is 0.224 e. The number of nitrogens with zero attached hydrogens (tertiary/aromatic N) is 2. The summed E-state index contributed by atoms with van der Waals surface area (Å²) in [6, 6.07) is 18.3. The maximum absolute atomic E-state index is 12.2. The van der Waals surface area contributed by atoms with E-state index in [0.29, 0.717) is 6.42 Å². The third kappa shape index (κ3) is 4.45. The molecule has 4 heteroatoms. The number of carbonyl (C=O) groups is 1. The molecular weight excluding hydrogens is 334 g/mol. The zero-order valence-corrected chi connectivity index (χ0v) is 15.5. The summed E-state index contributed by atoms with van der Waals surface area (Å²) in [7, 11) is 0. The Labute approximate surface area is 160 Å². The second kappa shape index (κ2) is 8.21. The molecule has 0 fully saturated rings. The summed E-state index contributed by atoms with van der Waals surface area (Å²) in [6.45, 7) is 1.07. The van der Waals surface area contributed by atoms with Gasteiger partial charge in [-0.25, -0.2) is 4.98 Å². The highest BCUT2D eigenvalue weighted by molar-refractivity contribution is 5.90. The van der Waals surface area contributed by atoms with Crippen LogP contribution in [0.1, 0.15) is 37.1 Å². The van der Waals surface area contributed by atoms with Gasteiger partial charge < -0.3 is 9.88 Å². The summed E-state index contributed by atoms with van der Waals surface area (Å²) >= 11 is 0. The van der Waals surface area contributed by atoms with Crippen molar-refractivity contribution >= 4 is 11.6 Å². The molecule has 1 amide bonds. The molecular formula is C23H25N3O. The number of benzene rings is 2. The van der Waals surface area contributed by atoms with E-state index < -0.39 is 0 Å². The van der Waals surface area contributed by atoms with Crippen molar-refractivity contribution in [2.75, 3.05) is 5.32 Å². The highest BCUT2D eigenvalue weighted by atomic mass is 16.1. The van der Waals surface area contributed by atoms with Gasteiger partial charge in [-0.05, 0) is 43.4 Å². The molecule has 1 N–H and O–H groups in total. The molecule has 1 aromatic heterocycles. The zero-order chi connectivity index (χ0) is 18.5. The molecule has 4 rings (SSSR count). The van der Waals surface area contributed by atoms with E-state index in [1.807, 2.05) is 42.5 Å². The number of fused-ring (bicyclic) bond motifs is 1. The predicted octanol–water partition coefficient (Wildman–Crippen LogP) is 4.85. The average molecular weight is 359 g/mol. The third-order valence-electron chi connectivity index (χ3n) is 5.09. The van der Waals surface area contributed by atoms with Crippen molar-refractivity contribution in [1.82, 2.24) is 9.55 Å². The van der Waals surface area contributed by atoms with Crippen molar-refractivity contribution in [3.05, 3.63) is 72.2 Å². The van der Waals surface area contributed by atoms with Gasteiger partial charge in [0.1, 0.15) is 5.82 Å². The molecule has 138 valence electrons. The number of amides is 1. The lowest BCUT2D eigenvalue weighted by Crippen LogP contribution is -2.11. The van der Waals surface area contributed by atoms with Gasteiger partial charge in [-0.3, -0.25) is 4.79 Å². The summed E-state index contributed by atoms with van der Waals surface area (Å²) in [4.78, 5) is 16.9. The summed E-state index contributed by atoms with van der Waals surface area (Å²) in [5.74, 6) is 1.25. The molecule has 2 aromatic carbocycles. The molecule has 1 aliphatic heterocycles. The molecule has 0 aliphatic carbocycles. The first-order valence-electron chi connectivity index (χ1n) is 9.78. The number of carbonyl (C=O) groups excluding carboxylic acids is 1. The highest BCUT2D eigenvalue weighted by Crippen LogP contribution is 2.24. The first kappa shape index (κ1) is 17.5. The summed E-state index contributed by atoms with van der Waals surface area (Å²) in [5, 5.41) is 2.99. The van der Waals surface area contributed by atoms with Gasteiger partial charge in [-0.2, -0.15) is 0 Å². The third-order valence-corrected chi connectivity index (χ3v) is 5.09. The van der Waals surface area contributed by atoms with E-state index >= 15 is 0 Å². The molecule has 0 atom stereocenters. The normalized spacial score (nSPS) is 13.2. The maximum Gasteiger partial charge on any atom is 0.224 e. The van der Waals surface area contributed by atoms with Gasteiger partial charge in [0.2, 0.25) is 5.91 Å². The molecule has 0 saturated heterocycles. The number of nitrogens with one attached hydrogen (secondary N) is 1. The molecule has 0 radical (unpaired) electrons. The van der Waals surface area contributed by atoms with Crippen molar-refractivity contribution in [3.63, 3.8) is 0 Å². The van der Waals surface area contributed by atoms with Crippen molar-refractivity contribution in [2.24, 2.45) is 0 Å². The largest absolute Gasteiger partial charge is 0.334 e. The fourth-order valence-electron chi connectivity index (χ4n) is 3.60. The van der Waals surface area contributed by atoms with Gasteiger partial charge in [0.05, 0.1) is 5.69 Å². The summed E-state index contributed by atoms with van der Waals surface area (Å²) in [6.07, 6.45) is 7.99. The van der Waals surface area contributed by atoms with Gasteiger partial charge in [-0.15, -0.1) is 0 Å². The van der Waals surface area contributed by atoms with Crippen LogP contribution in [0, 0.1) is 0 Å². The fraction of sp³-hybridized carbons (Fsp3) is 0.304. The molecule has 0 saturated carbocycles. The monoisotopic (exact) mass is 359 g/mol. The van der Waals surface area contributed by atoms with Crippen LogP contribution in [0.4, 0.5) is 5.69 Å². The van der Waals surface area contributed by atoms with Gasteiger partial charge in [-0.1, -0.05) is 42.5 Å². The van der Waals surface area contributed by atoms with E-state index in [9.17, 15) is 4.79 Å². The SMILES string of the molecule is O=C(CCCc1ccccc1)Nc1ccc(-c2cn3c(n2)CCCC3)cc1. The maximum atomic E-state index is 12.2. The van der Waals surface area contributed by atoms with Crippen LogP contribution in [-0.2, 0) is 24.2 Å². The Morgan fingerprint density at radius 1 is 1.04 bits per heavy atom. The van der Waals surface area contributed by atoms with Crippen molar-refractivity contribution in [3.8, 4) is 11.3 Å². The standard InChI is InChI=1S/C23H25N3O/c27-23(11-6-9-18-7-2-1-3-8-18)24-20-14-12-19(13-15-20)21-17-26-16-5-4-10-22(26)25-21/h1-3,7-8,12-15,17H,4-6,9-11,16H2,(H,24,27). The Balaban J connectivity index is 1.31. The molecule has 2 heterocycles.